The highest BCUT2D eigenvalue weighted by Gasteiger charge is 2.18. The minimum Gasteiger partial charge on any atom is -0.255 e. The van der Waals surface area contributed by atoms with E-state index < -0.39 is 0 Å². The average Bonchev–Trinajstić information content (AvgIpc) is 3.08. The molecule has 102 valence electrons. The number of hydrogen-bond acceptors (Lipinski definition) is 4. The minimum absolute atomic E-state index is 0.107. The van der Waals surface area contributed by atoms with Gasteiger partial charge in [-0.3, -0.25) is 4.98 Å². The molecule has 20 heavy (non-hydrogen) atoms. The molecular formula is C16H16N2S2. The van der Waals surface area contributed by atoms with Crippen LogP contribution in [-0.2, 0) is 5.41 Å². The fourth-order valence-corrected chi connectivity index (χ4v) is 3.93. The first kappa shape index (κ1) is 13.5. The molecule has 0 aliphatic rings. The summed E-state index contributed by atoms with van der Waals surface area (Å²) in [5.41, 5.74) is 2.29. The molecule has 0 saturated heterocycles. The van der Waals surface area contributed by atoms with Gasteiger partial charge in [-0.2, -0.15) is 0 Å². The summed E-state index contributed by atoms with van der Waals surface area (Å²) in [6, 6.07) is 10.3. The van der Waals surface area contributed by atoms with Gasteiger partial charge in [0.05, 0.1) is 21.1 Å². The number of hydrogen-bond donors (Lipinski definition) is 0. The normalized spacial score (nSPS) is 11.8. The molecule has 0 unspecified atom stereocenters. The molecular weight excluding hydrogens is 284 g/mol. The second-order valence-electron chi connectivity index (χ2n) is 5.67. The summed E-state index contributed by atoms with van der Waals surface area (Å²) >= 11 is 3.47. The SMILES string of the molecule is CC(C)(C)c1csc(-c2ccc(-c3ccccn3)s2)n1. The van der Waals surface area contributed by atoms with Gasteiger partial charge in [0.15, 0.2) is 0 Å². The van der Waals surface area contributed by atoms with Gasteiger partial charge in [0.25, 0.3) is 0 Å². The predicted octanol–water partition coefficient (Wildman–Crippen LogP) is 5.23. The molecule has 3 aromatic heterocycles. The van der Waals surface area contributed by atoms with Gasteiger partial charge in [0.2, 0.25) is 0 Å². The van der Waals surface area contributed by atoms with E-state index in [0.29, 0.717) is 0 Å². The molecule has 0 N–H and O–H groups in total. The lowest BCUT2D eigenvalue weighted by molar-refractivity contribution is 0.573. The third-order valence-electron chi connectivity index (χ3n) is 3.01. The maximum Gasteiger partial charge on any atom is 0.133 e. The zero-order chi connectivity index (χ0) is 14.2. The fourth-order valence-electron chi connectivity index (χ4n) is 1.83. The lowest BCUT2D eigenvalue weighted by Crippen LogP contribution is -2.11. The Balaban J connectivity index is 1.93. The highest BCUT2D eigenvalue weighted by atomic mass is 32.1. The maximum absolute atomic E-state index is 4.77. The van der Waals surface area contributed by atoms with Crippen LogP contribution in [0.15, 0.2) is 41.9 Å². The van der Waals surface area contributed by atoms with E-state index in [2.05, 4.69) is 43.3 Å². The molecule has 0 aromatic carbocycles. The van der Waals surface area contributed by atoms with Gasteiger partial charge in [-0.1, -0.05) is 26.8 Å². The van der Waals surface area contributed by atoms with Crippen LogP contribution in [0.4, 0.5) is 0 Å². The highest BCUT2D eigenvalue weighted by Crippen LogP contribution is 2.36. The van der Waals surface area contributed by atoms with E-state index in [0.717, 1.165) is 16.4 Å². The molecule has 0 bridgehead atoms. The topological polar surface area (TPSA) is 25.8 Å². The van der Waals surface area contributed by atoms with Crippen molar-refractivity contribution < 1.29 is 0 Å². The molecule has 2 nitrogen and oxygen atoms in total. The zero-order valence-electron chi connectivity index (χ0n) is 11.8. The minimum atomic E-state index is 0.107. The fraction of sp³-hybridized carbons (Fsp3) is 0.250. The summed E-state index contributed by atoms with van der Waals surface area (Å²) in [5.74, 6) is 0. The van der Waals surface area contributed by atoms with E-state index in [1.54, 1.807) is 22.7 Å². The Morgan fingerprint density at radius 1 is 1.00 bits per heavy atom. The van der Waals surface area contributed by atoms with E-state index in [9.17, 15) is 0 Å². The monoisotopic (exact) mass is 300 g/mol. The van der Waals surface area contributed by atoms with Gasteiger partial charge >= 0.3 is 0 Å². The summed E-state index contributed by atoms with van der Waals surface area (Å²) < 4.78 is 0. The summed E-state index contributed by atoms with van der Waals surface area (Å²) in [5, 5.41) is 3.26. The largest absolute Gasteiger partial charge is 0.255 e. The molecule has 0 aliphatic carbocycles. The molecule has 0 aliphatic heterocycles. The first-order chi connectivity index (χ1) is 9.54. The van der Waals surface area contributed by atoms with Gasteiger partial charge in [-0.15, -0.1) is 22.7 Å². The van der Waals surface area contributed by atoms with Gasteiger partial charge in [0.1, 0.15) is 5.01 Å². The van der Waals surface area contributed by atoms with Crippen LogP contribution < -0.4 is 0 Å². The lowest BCUT2D eigenvalue weighted by Gasteiger charge is -2.14. The van der Waals surface area contributed by atoms with E-state index in [-0.39, 0.29) is 5.41 Å². The van der Waals surface area contributed by atoms with Crippen molar-refractivity contribution in [1.29, 1.82) is 0 Å². The van der Waals surface area contributed by atoms with Gasteiger partial charge in [-0.25, -0.2) is 4.98 Å². The third kappa shape index (κ3) is 2.67. The van der Waals surface area contributed by atoms with Gasteiger partial charge in [0, 0.05) is 17.0 Å². The van der Waals surface area contributed by atoms with Crippen LogP contribution in [0.2, 0.25) is 0 Å². The van der Waals surface area contributed by atoms with Gasteiger partial charge in [-0.05, 0) is 24.3 Å². The van der Waals surface area contributed by atoms with Crippen molar-refractivity contribution in [2.45, 2.75) is 26.2 Å². The smallest absolute Gasteiger partial charge is 0.133 e. The molecule has 3 heterocycles. The molecule has 0 spiro atoms. The van der Waals surface area contributed by atoms with Crippen molar-refractivity contribution in [3.8, 4) is 20.5 Å². The molecule has 0 atom stereocenters. The molecule has 0 amide bonds. The Kier molecular flexibility index (Phi) is 3.44. The number of thiazole rings is 1. The van der Waals surface area contributed by atoms with Crippen molar-refractivity contribution in [1.82, 2.24) is 9.97 Å². The van der Waals surface area contributed by atoms with Crippen LogP contribution in [0.5, 0.6) is 0 Å². The molecule has 0 fully saturated rings. The van der Waals surface area contributed by atoms with Crippen molar-refractivity contribution in [2.24, 2.45) is 0 Å². The maximum atomic E-state index is 4.77. The molecule has 0 saturated carbocycles. The Morgan fingerprint density at radius 3 is 2.45 bits per heavy atom. The second kappa shape index (κ2) is 5.11. The number of pyridine rings is 1. The van der Waals surface area contributed by atoms with Crippen molar-refractivity contribution >= 4 is 22.7 Å². The first-order valence-corrected chi connectivity index (χ1v) is 8.21. The Hall–Kier alpha value is -1.52. The summed E-state index contributed by atoms with van der Waals surface area (Å²) in [7, 11) is 0. The zero-order valence-corrected chi connectivity index (χ0v) is 13.4. The van der Waals surface area contributed by atoms with Gasteiger partial charge < -0.3 is 0 Å². The third-order valence-corrected chi connectivity index (χ3v) is 5.13. The van der Waals surface area contributed by atoms with Crippen LogP contribution in [0.25, 0.3) is 20.5 Å². The van der Waals surface area contributed by atoms with Crippen LogP contribution in [0.3, 0.4) is 0 Å². The van der Waals surface area contributed by atoms with Crippen LogP contribution in [-0.4, -0.2) is 9.97 Å². The molecule has 4 heteroatoms. The Bertz CT molecular complexity index is 705. The van der Waals surface area contributed by atoms with E-state index in [1.807, 2.05) is 24.4 Å². The number of aromatic nitrogens is 2. The van der Waals surface area contributed by atoms with Crippen LogP contribution >= 0.6 is 22.7 Å². The second-order valence-corrected chi connectivity index (χ2v) is 7.61. The summed E-state index contributed by atoms with van der Waals surface area (Å²) in [6.07, 6.45) is 1.83. The Labute approximate surface area is 127 Å². The van der Waals surface area contributed by atoms with Crippen molar-refractivity contribution in [3.05, 3.63) is 47.6 Å². The highest BCUT2D eigenvalue weighted by molar-refractivity contribution is 7.23. The summed E-state index contributed by atoms with van der Waals surface area (Å²) in [6.45, 7) is 6.58. The lowest BCUT2D eigenvalue weighted by atomic mass is 9.93. The standard InChI is InChI=1S/C16H16N2S2/c1-16(2,3)14-10-19-15(18-14)13-8-7-12(20-13)11-6-4-5-9-17-11/h4-10H,1-3H3. The van der Waals surface area contributed by atoms with Crippen LogP contribution in [0.1, 0.15) is 26.5 Å². The van der Waals surface area contributed by atoms with Crippen molar-refractivity contribution in [3.63, 3.8) is 0 Å². The predicted molar refractivity (Wildman–Crippen MR) is 87.4 cm³/mol. The molecule has 3 aromatic rings. The Morgan fingerprint density at radius 2 is 1.80 bits per heavy atom. The number of nitrogens with zero attached hydrogens (tertiary/aromatic N) is 2. The van der Waals surface area contributed by atoms with E-state index >= 15 is 0 Å². The number of rotatable bonds is 2. The van der Waals surface area contributed by atoms with E-state index in [1.165, 1.54) is 9.75 Å². The van der Waals surface area contributed by atoms with E-state index in [4.69, 9.17) is 4.98 Å². The number of thiophene rings is 1. The van der Waals surface area contributed by atoms with Crippen molar-refractivity contribution in [2.75, 3.05) is 0 Å². The molecule has 3 rings (SSSR count). The first-order valence-electron chi connectivity index (χ1n) is 6.52. The quantitative estimate of drug-likeness (QED) is 0.647. The summed E-state index contributed by atoms with van der Waals surface area (Å²) in [4.78, 5) is 11.6. The average molecular weight is 300 g/mol. The van der Waals surface area contributed by atoms with Crippen LogP contribution in [0, 0.1) is 0 Å². The molecule has 0 radical (unpaired) electrons.